The average molecular weight is 181 g/mol. The van der Waals surface area contributed by atoms with E-state index in [9.17, 15) is 5.11 Å². The highest BCUT2D eigenvalue weighted by Crippen LogP contribution is 2.26. The third-order valence-electron chi connectivity index (χ3n) is 1.54. The largest absolute Gasteiger partial charge is 0.504 e. The average Bonchev–Trinajstić information content (AvgIpc) is 2.19. The van der Waals surface area contributed by atoms with Gasteiger partial charge in [0.15, 0.2) is 11.5 Å². The van der Waals surface area contributed by atoms with E-state index in [2.05, 4.69) is 0 Å². The van der Waals surface area contributed by atoms with E-state index in [1.54, 1.807) is 18.2 Å². The molecule has 1 aromatic rings. The van der Waals surface area contributed by atoms with Crippen molar-refractivity contribution < 1.29 is 16.3 Å². The SMILES string of the molecule is [2H]c1cc(/C=C/CO)cc(OC)c1O. The lowest BCUT2D eigenvalue weighted by Crippen LogP contribution is -1.84. The van der Waals surface area contributed by atoms with Crippen LogP contribution in [0.1, 0.15) is 6.93 Å². The first-order valence-corrected chi connectivity index (χ1v) is 3.84. The normalized spacial score (nSPS) is 11.7. The number of hydrogen-bond donors (Lipinski definition) is 2. The topological polar surface area (TPSA) is 49.7 Å². The lowest BCUT2D eigenvalue weighted by molar-refractivity contribution is 0.343. The summed E-state index contributed by atoms with van der Waals surface area (Å²) < 4.78 is 12.3. The number of hydrogen-bond acceptors (Lipinski definition) is 3. The van der Waals surface area contributed by atoms with Gasteiger partial charge in [-0.05, 0) is 17.7 Å². The number of aliphatic hydroxyl groups is 1. The molecule has 1 aromatic carbocycles. The summed E-state index contributed by atoms with van der Waals surface area (Å²) in [6.07, 6.45) is 3.20. The minimum absolute atomic E-state index is 0.00180. The first-order chi connectivity index (χ1) is 6.69. The van der Waals surface area contributed by atoms with Gasteiger partial charge in [0.25, 0.3) is 0 Å². The van der Waals surface area contributed by atoms with Crippen molar-refractivity contribution in [2.75, 3.05) is 13.7 Å². The number of rotatable bonds is 3. The van der Waals surface area contributed by atoms with Gasteiger partial charge in [-0.3, -0.25) is 0 Å². The number of phenols is 1. The van der Waals surface area contributed by atoms with Crippen LogP contribution in [0, 0.1) is 0 Å². The van der Waals surface area contributed by atoms with Crippen molar-refractivity contribution in [3.63, 3.8) is 0 Å². The number of aromatic hydroxyl groups is 1. The predicted octanol–water partition coefficient (Wildman–Crippen LogP) is 1.41. The summed E-state index contributed by atoms with van der Waals surface area (Å²) in [4.78, 5) is 0. The lowest BCUT2D eigenvalue weighted by atomic mass is 10.2. The third kappa shape index (κ3) is 2.49. The molecule has 0 unspecified atom stereocenters. The van der Waals surface area contributed by atoms with Gasteiger partial charge in [0, 0.05) is 0 Å². The van der Waals surface area contributed by atoms with E-state index in [1.807, 2.05) is 0 Å². The van der Waals surface area contributed by atoms with Crippen LogP contribution >= 0.6 is 0 Å². The molecule has 0 atom stereocenters. The van der Waals surface area contributed by atoms with Crippen LogP contribution < -0.4 is 4.74 Å². The smallest absolute Gasteiger partial charge is 0.161 e. The Bertz CT molecular complexity index is 347. The van der Waals surface area contributed by atoms with Gasteiger partial charge >= 0.3 is 0 Å². The zero-order chi connectivity index (χ0) is 10.6. The third-order valence-corrected chi connectivity index (χ3v) is 1.54. The van der Waals surface area contributed by atoms with Crippen LogP contribution in [0.3, 0.4) is 0 Å². The van der Waals surface area contributed by atoms with Crippen LogP contribution in [0.15, 0.2) is 24.3 Å². The van der Waals surface area contributed by atoms with E-state index >= 15 is 0 Å². The number of aliphatic hydroxyl groups excluding tert-OH is 1. The first kappa shape index (κ1) is 8.13. The van der Waals surface area contributed by atoms with E-state index < -0.39 is 0 Å². The number of ether oxygens (including phenoxy) is 1. The van der Waals surface area contributed by atoms with Crippen molar-refractivity contribution in [3.05, 3.63) is 29.8 Å². The van der Waals surface area contributed by atoms with Crippen molar-refractivity contribution in [1.29, 1.82) is 0 Å². The molecule has 3 heteroatoms. The van der Waals surface area contributed by atoms with Gasteiger partial charge < -0.3 is 14.9 Å². The molecule has 0 fully saturated rings. The molecule has 0 spiro atoms. The summed E-state index contributed by atoms with van der Waals surface area (Å²) in [6, 6.07) is 3.09. The monoisotopic (exact) mass is 181 g/mol. The maximum atomic E-state index is 9.36. The first-order valence-electron chi connectivity index (χ1n) is 4.34. The number of benzene rings is 1. The lowest BCUT2D eigenvalue weighted by Gasteiger charge is -2.03. The fourth-order valence-electron chi connectivity index (χ4n) is 0.925. The summed E-state index contributed by atoms with van der Waals surface area (Å²) in [5.74, 6) is 0.0868. The Kier molecular flexibility index (Phi) is 2.83. The van der Waals surface area contributed by atoms with Gasteiger partial charge in [0.05, 0.1) is 15.1 Å². The molecule has 0 aliphatic heterocycles. The molecule has 0 saturated carbocycles. The molecule has 13 heavy (non-hydrogen) atoms. The van der Waals surface area contributed by atoms with Crippen molar-refractivity contribution in [2.45, 2.75) is 0 Å². The van der Waals surface area contributed by atoms with E-state index in [4.69, 9.17) is 11.2 Å². The Hall–Kier alpha value is -1.48. The number of methoxy groups -OCH3 is 1. The Morgan fingerprint density at radius 2 is 2.46 bits per heavy atom. The van der Waals surface area contributed by atoms with Gasteiger partial charge in [-0.15, -0.1) is 0 Å². The molecule has 0 radical (unpaired) electrons. The van der Waals surface area contributed by atoms with Crippen molar-refractivity contribution >= 4 is 6.08 Å². The van der Waals surface area contributed by atoms with Gasteiger partial charge in [0.2, 0.25) is 0 Å². The van der Waals surface area contributed by atoms with Gasteiger partial charge in [0.1, 0.15) is 0 Å². The van der Waals surface area contributed by atoms with Crippen molar-refractivity contribution in [1.82, 2.24) is 0 Å². The molecule has 70 valence electrons. The molecule has 0 aliphatic carbocycles. The molecule has 0 heterocycles. The fraction of sp³-hybridized carbons (Fsp3) is 0.200. The second-order valence-corrected chi connectivity index (χ2v) is 2.43. The quantitative estimate of drug-likeness (QED) is 0.741. The highest BCUT2D eigenvalue weighted by Gasteiger charge is 1.99. The molecular formula is C10H12O3. The van der Waals surface area contributed by atoms with Crippen molar-refractivity contribution in [3.8, 4) is 11.5 Å². The van der Waals surface area contributed by atoms with Crippen LogP contribution in [-0.4, -0.2) is 23.9 Å². The summed E-state index contributed by atoms with van der Waals surface area (Å²) in [6.45, 7) is -0.0590. The molecule has 0 bridgehead atoms. The molecular weight excluding hydrogens is 168 g/mol. The highest BCUT2D eigenvalue weighted by molar-refractivity contribution is 5.55. The Morgan fingerprint density at radius 3 is 3.08 bits per heavy atom. The Morgan fingerprint density at radius 1 is 1.69 bits per heavy atom. The predicted molar refractivity (Wildman–Crippen MR) is 50.8 cm³/mol. The van der Waals surface area contributed by atoms with Gasteiger partial charge in [-0.25, -0.2) is 0 Å². The van der Waals surface area contributed by atoms with Crippen LogP contribution in [0.4, 0.5) is 0 Å². The minimum Gasteiger partial charge on any atom is -0.504 e. The summed E-state index contributed by atoms with van der Waals surface area (Å²) >= 11 is 0. The number of phenolic OH excluding ortho intramolecular Hbond substituents is 1. The van der Waals surface area contributed by atoms with E-state index in [1.165, 1.54) is 13.2 Å². The van der Waals surface area contributed by atoms with E-state index in [0.29, 0.717) is 5.56 Å². The fourth-order valence-corrected chi connectivity index (χ4v) is 0.925. The minimum atomic E-state index is -0.173. The summed E-state index contributed by atoms with van der Waals surface area (Å²) in [5.41, 5.74) is 0.707. The van der Waals surface area contributed by atoms with E-state index in [-0.39, 0.29) is 24.1 Å². The van der Waals surface area contributed by atoms with Gasteiger partial charge in [-0.2, -0.15) is 0 Å². The molecule has 0 amide bonds. The molecule has 0 saturated heterocycles. The maximum absolute atomic E-state index is 9.36. The molecule has 0 aliphatic rings. The zero-order valence-electron chi connectivity index (χ0n) is 8.32. The Labute approximate surface area is 78.3 Å². The standard InChI is InChI=1S/C10H12O3/c1-13-10-7-8(3-2-6-11)4-5-9(10)12/h2-5,7,11-12H,6H2,1H3/b3-2+/i5D. The molecule has 2 N–H and O–H groups in total. The van der Waals surface area contributed by atoms with Crippen molar-refractivity contribution in [2.24, 2.45) is 0 Å². The van der Waals surface area contributed by atoms with Gasteiger partial charge in [-0.1, -0.05) is 18.2 Å². The van der Waals surface area contributed by atoms with Crippen LogP contribution in [0.5, 0.6) is 11.5 Å². The maximum Gasteiger partial charge on any atom is 0.161 e. The Balaban J connectivity index is 3.09. The molecule has 1 rings (SSSR count). The van der Waals surface area contributed by atoms with Crippen LogP contribution in [0.2, 0.25) is 0 Å². The summed E-state index contributed by atoms with van der Waals surface area (Å²) in [7, 11) is 1.42. The molecule has 0 aromatic heterocycles. The molecule has 3 nitrogen and oxygen atoms in total. The zero-order valence-corrected chi connectivity index (χ0v) is 7.32. The summed E-state index contributed by atoms with van der Waals surface area (Å²) in [5, 5.41) is 17.9. The van der Waals surface area contributed by atoms with Crippen LogP contribution in [-0.2, 0) is 0 Å². The second kappa shape index (κ2) is 4.52. The highest BCUT2D eigenvalue weighted by atomic mass is 16.5. The van der Waals surface area contributed by atoms with Crippen LogP contribution in [0.25, 0.3) is 6.08 Å². The second-order valence-electron chi connectivity index (χ2n) is 2.43. The van der Waals surface area contributed by atoms with E-state index in [0.717, 1.165) is 0 Å².